The second kappa shape index (κ2) is 49.8. The highest BCUT2D eigenvalue weighted by Gasteiger charge is 2.02. The van der Waals surface area contributed by atoms with Gasteiger partial charge in [0, 0.05) is 64.2 Å². The molecular weight excluding hydrogens is 800 g/mol. The molecule has 60 heavy (non-hydrogen) atoms. The smallest absolute Gasteiger partial charge is 0.303 e. The van der Waals surface area contributed by atoms with Crippen LogP contribution in [0.3, 0.4) is 0 Å². The predicted molar refractivity (Wildman–Crippen MR) is 215 cm³/mol. The molecule has 0 heterocycles. The largest absolute Gasteiger partial charge is 0.481 e. The van der Waals surface area contributed by atoms with E-state index in [1.807, 2.05) is 0 Å². The van der Waals surface area contributed by atoms with E-state index in [4.69, 9.17) is 51.1 Å². The Hall–Kier alpha value is -5.30. The van der Waals surface area contributed by atoms with Crippen LogP contribution < -0.4 is 0 Å². The number of carbonyl (C=O) groups is 10. The van der Waals surface area contributed by atoms with Gasteiger partial charge in [-0.15, -0.1) is 0 Å². The second-order valence-electron chi connectivity index (χ2n) is 13.5. The van der Waals surface area contributed by atoms with Crippen molar-refractivity contribution in [1.82, 2.24) is 0 Å². The molecule has 0 aromatic rings. The van der Waals surface area contributed by atoms with E-state index in [9.17, 15) is 47.9 Å². The highest BCUT2D eigenvalue weighted by atomic mass is 16.4. The van der Waals surface area contributed by atoms with Gasteiger partial charge < -0.3 is 51.1 Å². The van der Waals surface area contributed by atoms with Crippen LogP contribution >= 0.6 is 0 Å². The van der Waals surface area contributed by atoms with Crippen molar-refractivity contribution in [1.29, 1.82) is 0 Å². The molecule has 0 aromatic heterocycles. The van der Waals surface area contributed by atoms with Crippen LogP contribution in [0.15, 0.2) is 0 Å². The molecule has 0 radical (unpaired) electrons. The minimum absolute atomic E-state index is 0.0628. The second-order valence-corrected chi connectivity index (χ2v) is 13.5. The standard InChI is InChI=1S/C10H18O4.C9H16O4.C8H14O4.C7H12O4.C6H10O4/c11-9(12)7-5-3-1-2-4-6-8-10(13)14;10-8(11)6-4-2-1-3-5-7-9(12)13;9-7(10)5-3-1-2-4-6-8(11)12;8-6(9)4-2-1-3-5-7(10)11;7-5(8)3-1-2-4-6(9)10/h1-8H2,(H,11,12)(H,13,14);1-7H2,(H,10,11)(H,12,13);1-6H2,(H,9,10)(H,11,12);1-5H2,(H,8,9)(H,10,11);1-4H2,(H,7,8)(H,9,10). The first-order valence-electron chi connectivity index (χ1n) is 20.3. The van der Waals surface area contributed by atoms with Crippen LogP contribution in [0.25, 0.3) is 0 Å². The monoisotopic (exact) mass is 870 g/mol. The number of hydrogen-bond donors (Lipinski definition) is 10. The zero-order chi connectivity index (χ0) is 47.0. The van der Waals surface area contributed by atoms with E-state index in [0.717, 1.165) is 70.6 Å². The van der Waals surface area contributed by atoms with Gasteiger partial charge in [0.1, 0.15) is 0 Å². The van der Waals surface area contributed by atoms with Crippen molar-refractivity contribution < 1.29 is 99.0 Å². The molecule has 0 fully saturated rings. The molecule has 0 aliphatic carbocycles. The van der Waals surface area contributed by atoms with Gasteiger partial charge in [0.25, 0.3) is 0 Å². The summed E-state index contributed by atoms with van der Waals surface area (Å²) in [5, 5.41) is 82.5. The van der Waals surface area contributed by atoms with E-state index in [1.54, 1.807) is 0 Å². The lowest BCUT2D eigenvalue weighted by Gasteiger charge is -1.98. The molecule has 0 unspecified atom stereocenters. The topological polar surface area (TPSA) is 373 Å². The molecule has 0 saturated heterocycles. The van der Waals surface area contributed by atoms with Crippen molar-refractivity contribution in [2.75, 3.05) is 0 Å². The summed E-state index contributed by atoms with van der Waals surface area (Å²) in [6.07, 6.45) is 16.8. The fourth-order valence-corrected chi connectivity index (χ4v) is 4.53. The van der Waals surface area contributed by atoms with Gasteiger partial charge in [-0.25, -0.2) is 0 Å². The maximum Gasteiger partial charge on any atom is 0.303 e. The minimum Gasteiger partial charge on any atom is -0.481 e. The molecule has 0 saturated carbocycles. The Morgan fingerprint density at radius 3 is 0.317 bits per heavy atom. The molecule has 10 N–H and O–H groups in total. The molecule has 0 aliphatic heterocycles. The first kappa shape index (κ1) is 63.9. The van der Waals surface area contributed by atoms with E-state index < -0.39 is 59.7 Å². The Bertz CT molecular complexity index is 1100. The van der Waals surface area contributed by atoms with Gasteiger partial charge in [-0.05, 0) is 64.2 Å². The Labute approximate surface area is 351 Å². The number of aliphatic carboxylic acids is 10. The van der Waals surface area contributed by atoms with Crippen LogP contribution in [0, 0.1) is 0 Å². The third-order valence-electron chi connectivity index (χ3n) is 7.66. The van der Waals surface area contributed by atoms with Crippen molar-refractivity contribution in [3.63, 3.8) is 0 Å². The summed E-state index contributed by atoms with van der Waals surface area (Å²) in [5.41, 5.74) is 0. The molecule has 350 valence electrons. The number of carboxylic acid groups (broad SMARTS) is 10. The van der Waals surface area contributed by atoms with E-state index in [2.05, 4.69) is 0 Å². The normalized spacial score (nSPS) is 9.67. The quantitative estimate of drug-likeness (QED) is 0.0276. The first-order valence-corrected chi connectivity index (χ1v) is 20.3. The van der Waals surface area contributed by atoms with Crippen molar-refractivity contribution >= 4 is 59.7 Å². The van der Waals surface area contributed by atoms with Crippen molar-refractivity contribution in [3.8, 4) is 0 Å². The van der Waals surface area contributed by atoms with Crippen molar-refractivity contribution in [3.05, 3.63) is 0 Å². The number of unbranched alkanes of at least 4 members (excludes halogenated alkanes) is 15. The first-order chi connectivity index (χ1) is 28.1. The molecule has 0 aromatic carbocycles. The number of carboxylic acids is 10. The summed E-state index contributed by atoms with van der Waals surface area (Å²) in [4.78, 5) is 100. The average molecular weight is 871 g/mol. The van der Waals surface area contributed by atoms with Gasteiger partial charge in [-0.3, -0.25) is 47.9 Å². The lowest BCUT2D eigenvalue weighted by molar-refractivity contribution is -0.139. The summed E-state index contributed by atoms with van der Waals surface area (Å²) in [6, 6.07) is 0. The highest BCUT2D eigenvalue weighted by molar-refractivity contribution is 5.69. The summed E-state index contributed by atoms with van der Waals surface area (Å²) < 4.78 is 0. The fourth-order valence-electron chi connectivity index (χ4n) is 4.53. The van der Waals surface area contributed by atoms with E-state index in [1.165, 1.54) is 0 Å². The molecule has 20 nitrogen and oxygen atoms in total. The van der Waals surface area contributed by atoms with Gasteiger partial charge in [0.05, 0.1) is 0 Å². The Morgan fingerprint density at radius 1 is 0.150 bits per heavy atom. The third kappa shape index (κ3) is 89.4. The lowest BCUT2D eigenvalue weighted by Crippen LogP contribution is -1.97. The number of rotatable bonds is 35. The lowest BCUT2D eigenvalue weighted by atomic mass is 10.1. The molecular formula is C40H70O20. The minimum atomic E-state index is -0.870. The highest BCUT2D eigenvalue weighted by Crippen LogP contribution is 2.09. The Balaban J connectivity index is -0.000000211. The van der Waals surface area contributed by atoms with Gasteiger partial charge in [-0.2, -0.15) is 0 Å². The fraction of sp³-hybridized carbons (Fsp3) is 0.750. The predicted octanol–water partition coefficient (Wildman–Crippen LogP) is 7.48. The van der Waals surface area contributed by atoms with Gasteiger partial charge in [0.2, 0.25) is 0 Å². The maximum absolute atomic E-state index is 10.1. The SMILES string of the molecule is O=C(O)CCCCC(=O)O.O=C(O)CCCCCC(=O)O.O=C(O)CCCCCCC(=O)O.O=C(O)CCCCCCCC(=O)O.O=C(O)CCCCCCCCC(=O)O. The molecule has 0 spiro atoms. The van der Waals surface area contributed by atoms with E-state index >= 15 is 0 Å². The summed E-state index contributed by atoms with van der Waals surface area (Å²) >= 11 is 0. The summed E-state index contributed by atoms with van der Waals surface area (Å²) in [7, 11) is 0. The van der Waals surface area contributed by atoms with Crippen molar-refractivity contribution in [2.24, 2.45) is 0 Å². The molecule has 0 atom stereocenters. The molecule has 20 heteroatoms. The average Bonchev–Trinajstić information content (AvgIpc) is 3.12. The zero-order valence-corrected chi connectivity index (χ0v) is 34.8. The molecule has 0 amide bonds. The molecule has 0 rings (SSSR count). The van der Waals surface area contributed by atoms with Crippen LogP contribution in [-0.2, 0) is 47.9 Å². The van der Waals surface area contributed by atoms with Crippen LogP contribution in [0.2, 0.25) is 0 Å². The molecule has 0 aliphatic rings. The Kier molecular flexibility index (Phi) is 53.1. The van der Waals surface area contributed by atoms with E-state index in [-0.39, 0.29) is 64.2 Å². The van der Waals surface area contributed by atoms with Crippen molar-refractivity contribution in [2.45, 2.75) is 193 Å². The molecule has 0 bridgehead atoms. The van der Waals surface area contributed by atoms with Crippen LogP contribution in [0.4, 0.5) is 0 Å². The van der Waals surface area contributed by atoms with Crippen LogP contribution in [0.1, 0.15) is 193 Å². The summed E-state index contributed by atoms with van der Waals surface area (Å²) in [6.45, 7) is 0. The van der Waals surface area contributed by atoms with Gasteiger partial charge in [-0.1, -0.05) is 64.2 Å². The maximum atomic E-state index is 10.1. The van der Waals surface area contributed by atoms with E-state index in [0.29, 0.717) is 57.8 Å². The summed E-state index contributed by atoms with van der Waals surface area (Å²) in [5.74, 6) is -7.94. The van der Waals surface area contributed by atoms with Crippen LogP contribution in [-0.4, -0.2) is 111 Å². The zero-order valence-electron chi connectivity index (χ0n) is 34.8. The van der Waals surface area contributed by atoms with Crippen LogP contribution in [0.5, 0.6) is 0 Å². The Morgan fingerprint density at radius 2 is 0.217 bits per heavy atom. The third-order valence-corrected chi connectivity index (χ3v) is 7.66. The number of hydrogen-bond acceptors (Lipinski definition) is 10. The van der Waals surface area contributed by atoms with Gasteiger partial charge >= 0.3 is 59.7 Å². The van der Waals surface area contributed by atoms with Gasteiger partial charge in [0.15, 0.2) is 0 Å².